The average molecular weight is 438 g/mol. The van der Waals surface area contributed by atoms with Crippen LogP contribution in [0.1, 0.15) is 34.9 Å². The molecule has 32 heavy (non-hydrogen) atoms. The van der Waals surface area contributed by atoms with Crippen LogP contribution in [0.4, 0.5) is 4.39 Å². The Kier molecular flexibility index (Phi) is 6.73. The number of amides is 1. The zero-order chi connectivity index (χ0) is 22.5. The van der Waals surface area contributed by atoms with E-state index >= 15 is 0 Å². The highest BCUT2D eigenvalue weighted by atomic mass is 19.1. The highest BCUT2D eigenvalue weighted by Gasteiger charge is 2.29. The van der Waals surface area contributed by atoms with E-state index in [1.807, 2.05) is 36.1 Å². The van der Waals surface area contributed by atoms with Crippen molar-refractivity contribution in [1.29, 1.82) is 0 Å². The molecule has 0 radical (unpaired) electrons. The molecule has 4 rings (SSSR count). The number of nitrogens with zero attached hydrogens (tertiary/aromatic N) is 2. The fourth-order valence-electron chi connectivity index (χ4n) is 4.10. The zero-order valence-electron chi connectivity index (χ0n) is 18.4. The smallest absolute Gasteiger partial charge is 0.227 e. The maximum atomic E-state index is 13.2. The van der Waals surface area contributed by atoms with Gasteiger partial charge in [0.15, 0.2) is 0 Å². The second kappa shape index (κ2) is 9.85. The summed E-state index contributed by atoms with van der Waals surface area (Å²) in [4.78, 5) is 14.8. The van der Waals surface area contributed by atoms with Crippen LogP contribution in [0, 0.1) is 12.7 Å². The summed E-state index contributed by atoms with van der Waals surface area (Å²) in [5.74, 6) is 1.27. The van der Waals surface area contributed by atoms with E-state index < -0.39 is 0 Å². The van der Waals surface area contributed by atoms with Gasteiger partial charge in [0, 0.05) is 42.8 Å². The molecule has 6 nitrogen and oxygen atoms in total. The number of H-pyrrole nitrogens is 1. The largest absolute Gasteiger partial charge is 0.496 e. The van der Waals surface area contributed by atoms with Crippen molar-refractivity contribution < 1.29 is 18.7 Å². The van der Waals surface area contributed by atoms with Crippen LogP contribution in [0.2, 0.25) is 0 Å². The lowest BCUT2D eigenvalue weighted by atomic mass is 10.0. The Morgan fingerprint density at radius 2 is 2.12 bits per heavy atom. The second-order valence-electron chi connectivity index (χ2n) is 8.19. The number of hydrogen-bond donors (Lipinski definition) is 1. The lowest BCUT2D eigenvalue weighted by Gasteiger charge is -2.17. The maximum absolute atomic E-state index is 13.2. The molecule has 1 atom stereocenters. The number of aromatic nitrogens is 2. The molecular weight excluding hydrogens is 409 g/mol. The van der Waals surface area contributed by atoms with Crippen LogP contribution < -0.4 is 9.47 Å². The normalized spacial score (nSPS) is 15.7. The van der Waals surface area contributed by atoms with E-state index in [0.29, 0.717) is 31.7 Å². The Labute approximate surface area is 187 Å². The monoisotopic (exact) mass is 437 g/mol. The van der Waals surface area contributed by atoms with Gasteiger partial charge >= 0.3 is 0 Å². The van der Waals surface area contributed by atoms with Crippen molar-refractivity contribution in [2.24, 2.45) is 0 Å². The molecule has 2 aromatic carbocycles. The van der Waals surface area contributed by atoms with E-state index in [1.165, 1.54) is 12.1 Å². The van der Waals surface area contributed by atoms with Gasteiger partial charge in [0.2, 0.25) is 5.91 Å². The van der Waals surface area contributed by atoms with E-state index in [-0.39, 0.29) is 17.6 Å². The second-order valence-corrected chi connectivity index (χ2v) is 8.19. The van der Waals surface area contributed by atoms with Crippen molar-refractivity contribution in [3.05, 3.63) is 76.9 Å². The van der Waals surface area contributed by atoms with E-state index in [1.54, 1.807) is 19.2 Å². The lowest BCUT2D eigenvalue weighted by Crippen LogP contribution is -2.30. The molecule has 0 unspecified atom stereocenters. The Morgan fingerprint density at radius 3 is 2.94 bits per heavy atom. The van der Waals surface area contributed by atoms with Crippen molar-refractivity contribution in [2.45, 2.75) is 32.1 Å². The zero-order valence-corrected chi connectivity index (χ0v) is 18.4. The van der Waals surface area contributed by atoms with Crippen LogP contribution in [0.3, 0.4) is 0 Å². The lowest BCUT2D eigenvalue weighted by molar-refractivity contribution is -0.129. The van der Waals surface area contributed by atoms with Gasteiger partial charge in [-0.2, -0.15) is 5.10 Å². The van der Waals surface area contributed by atoms with Gasteiger partial charge in [0.1, 0.15) is 17.3 Å². The number of nitrogens with one attached hydrogen (secondary N) is 1. The van der Waals surface area contributed by atoms with Crippen LogP contribution in [0.5, 0.6) is 11.5 Å². The van der Waals surface area contributed by atoms with Gasteiger partial charge < -0.3 is 14.4 Å². The number of aryl methyl sites for hydroxylation is 1. The minimum absolute atomic E-state index is 0.107. The molecule has 1 saturated heterocycles. The number of hydrogen-bond acceptors (Lipinski definition) is 4. The summed E-state index contributed by atoms with van der Waals surface area (Å²) in [7, 11) is 1.63. The van der Waals surface area contributed by atoms with Gasteiger partial charge in [-0.05, 0) is 37.6 Å². The number of carbonyl (C=O) groups is 1. The predicted octanol–water partition coefficient (Wildman–Crippen LogP) is 4.05. The van der Waals surface area contributed by atoms with Crippen LogP contribution in [-0.2, 0) is 17.6 Å². The number of methoxy groups -OCH3 is 1. The molecule has 2 heterocycles. The quantitative estimate of drug-likeness (QED) is 0.578. The number of rotatable bonds is 8. The van der Waals surface area contributed by atoms with Gasteiger partial charge in [0.05, 0.1) is 25.8 Å². The Hall–Kier alpha value is -3.35. The maximum Gasteiger partial charge on any atom is 0.227 e. The first-order valence-electron chi connectivity index (χ1n) is 10.9. The molecule has 0 aliphatic carbocycles. The Morgan fingerprint density at radius 1 is 1.25 bits per heavy atom. The van der Waals surface area contributed by atoms with Crippen molar-refractivity contribution in [1.82, 2.24) is 15.1 Å². The molecule has 1 aliphatic heterocycles. The Bertz CT molecular complexity index is 1080. The van der Waals surface area contributed by atoms with Crippen LogP contribution in [-0.4, -0.2) is 47.8 Å². The van der Waals surface area contributed by atoms with Crippen LogP contribution >= 0.6 is 0 Å². The van der Waals surface area contributed by atoms with Gasteiger partial charge in [-0.1, -0.05) is 23.8 Å². The highest BCUT2D eigenvalue weighted by Crippen LogP contribution is 2.28. The first kappa shape index (κ1) is 21.9. The molecule has 3 aromatic rings. The van der Waals surface area contributed by atoms with Crippen molar-refractivity contribution in [2.75, 3.05) is 26.8 Å². The predicted molar refractivity (Wildman–Crippen MR) is 120 cm³/mol. The minimum Gasteiger partial charge on any atom is -0.496 e. The number of halogens is 1. The van der Waals surface area contributed by atoms with Crippen LogP contribution in [0.15, 0.2) is 48.5 Å². The SMILES string of the molecule is COc1ccc(C)cc1CC(=O)N1CC[C@@H](c2cc(CCOc3cccc(F)c3)[nH]n2)C1. The summed E-state index contributed by atoms with van der Waals surface area (Å²) in [6.07, 6.45) is 1.87. The third-order valence-electron chi connectivity index (χ3n) is 5.82. The molecule has 168 valence electrons. The fraction of sp³-hybridized carbons (Fsp3) is 0.360. The molecule has 1 N–H and O–H groups in total. The Balaban J connectivity index is 1.29. The standard InChI is InChI=1S/C25H28FN3O3/c1-17-6-7-24(31-2)19(12-17)13-25(30)29-10-8-18(16-29)23-15-21(27-28-23)9-11-32-22-5-3-4-20(26)14-22/h3-7,12,14-15,18H,8-11,13,16H2,1-2H3,(H,27,28)/t18-/m1/s1. The average Bonchev–Trinajstić information content (AvgIpc) is 3.44. The highest BCUT2D eigenvalue weighted by molar-refractivity contribution is 5.80. The fourth-order valence-corrected chi connectivity index (χ4v) is 4.10. The molecule has 1 aliphatic rings. The molecule has 0 bridgehead atoms. The molecule has 1 fully saturated rings. The third kappa shape index (κ3) is 5.28. The summed E-state index contributed by atoms with van der Waals surface area (Å²) >= 11 is 0. The van der Waals surface area contributed by atoms with E-state index in [4.69, 9.17) is 9.47 Å². The molecule has 0 saturated carbocycles. The first-order chi connectivity index (χ1) is 15.5. The van der Waals surface area contributed by atoms with E-state index in [2.05, 4.69) is 10.2 Å². The molecule has 1 amide bonds. The summed E-state index contributed by atoms with van der Waals surface area (Å²) in [6.45, 7) is 3.83. The van der Waals surface area contributed by atoms with Gasteiger partial charge in [-0.3, -0.25) is 9.89 Å². The molecule has 7 heteroatoms. The number of ether oxygens (including phenoxy) is 2. The molecule has 1 aromatic heterocycles. The summed E-state index contributed by atoms with van der Waals surface area (Å²) in [6, 6.07) is 14.1. The summed E-state index contributed by atoms with van der Waals surface area (Å²) < 4.78 is 24.2. The van der Waals surface area contributed by atoms with E-state index in [9.17, 15) is 9.18 Å². The molecular formula is C25H28FN3O3. The molecule has 0 spiro atoms. The summed E-state index contributed by atoms with van der Waals surface area (Å²) in [5.41, 5.74) is 3.96. The van der Waals surface area contributed by atoms with Crippen molar-refractivity contribution in [3.8, 4) is 11.5 Å². The van der Waals surface area contributed by atoms with E-state index in [0.717, 1.165) is 41.2 Å². The van der Waals surface area contributed by atoms with Crippen LogP contribution in [0.25, 0.3) is 0 Å². The van der Waals surface area contributed by atoms with Gasteiger partial charge in [0.25, 0.3) is 0 Å². The van der Waals surface area contributed by atoms with Crippen molar-refractivity contribution >= 4 is 5.91 Å². The first-order valence-corrected chi connectivity index (χ1v) is 10.9. The van der Waals surface area contributed by atoms with Gasteiger partial charge in [-0.15, -0.1) is 0 Å². The van der Waals surface area contributed by atoms with Crippen molar-refractivity contribution in [3.63, 3.8) is 0 Å². The topological polar surface area (TPSA) is 67.4 Å². The number of likely N-dealkylation sites (tertiary alicyclic amines) is 1. The summed E-state index contributed by atoms with van der Waals surface area (Å²) in [5, 5.41) is 7.52. The number of carbonyl (C=O) groups excluding carboxylic acids is 1. The minimum atomic E-state index is -0.312. The van der Waals surface area contributed by atoms with Gasteiger partial charge in [-0.25, -0.2) is 4.39 Å². The number of aromatic amines is 1. The number of benzene rings is 2. The third-order valence-corrected chi connectivity index (χ3v) is 5.82.